The fourth-order valence-electron chi connectivity index (χ4n) is 2.07. The summed E-state index contributed by atoms with van der Waals surface area (Å²) < 4.78 is 11.2. The maximum atomic E-state index is 5.60. The molecule has 0 saturated heterocycles. The third-order valence-corrected chi connectivity index (χ3v) is 3.52. The molecule has 0 aromatic heterocycles. The highest BCUT2D eigenvalue weighted by Gasteiger charge is 2.28. The van der Waals surface area contributed by atoms with E-state index in [1.807, 2.05) is 6.08 Å². The molecule has 0 fully saturated rings. The van der Waals surface area contributed by atoms with Gasteiger partial charge >= 0.3 is 0 Å². The molecule has 2 heteroatoms. The average Bonchev–Trinajstić information content (AvgIpc) is 2.37. The van der Waals surface area contributed by atoms with Crippen molar-refractivity contribution in [3.63, 3.8) is 0 Å². The first-order chi connectivity index (χ1) is 8.14. The Kier molecular flexibility index (Phi) is 9.47. The lowest BCUT2D eigenvalue weighted by Crippen LogP contribution is -2.33. The first-order valence-corrected chi connectivity index (χ1v) is 6.87. The van der Waals surface area contributed by atoms with E-state index in [1.54, 1.807) is 14.2 Å². The van der Waals surface area contributed by atoms with Crippen LogP contribution in [0.1, 0.15) is 58.8 Å². The largest absolute Gasteiger partial charge is 0.353 e. The summed E-state index contributed by atoms with van der Waals surface area (Å²) in [5.41, 5.74) is 0. The maximum absolute atomic E-state index is 5.60. The molecule has 0 N–H and O–H groups in total. The molecule has 0 aliphatic rings. The number of hydrogen-bond donors (Lipinski definition) is 0. The van der Waals surface area contributed by atoms with Crippen molar-refractivity contribution in [1.29, 1.82) is 0 Å². The fourth-order valence-corrected chi connectivity index (χ4v) is 2.07. The summed E-state index contributed by atoms with van der Waals surface area (Å²) >= 11 is 0. The molecule has 1 unspecified atom stereocenters. The second-order valence-electron chi connectivity index (χ2n) is 4.88. The average molecular weight is 242 g/mol. The van der Waals surface area contributed by atoms with Gasteiger partial charge in [0, 0.05) is 27.1 Å². The van der Waals surface area contributed by atoms with Crippen LogP contribution < -0.4 is 0 Å². The second kappa shape index (κ2) is 9.67. The summed E-state index contributed by atoms with van der Waals surface area (Å²) in [5.74, 6) is 0.216. The summed E-state index contributed by atoms with van der Waals surface area (Å²) in [6, 6.07) is 0. The van der Waals surface area contributed by atoms with Crippen molar-refractivity contribution < 1.29 is 9.47 Å². The zero-order valence-electron chi connectivity index (χ0n) is 12.1. The van der Waals surface area contributed by atoms with Crippen LogP contribution in [-0.2, 0) is 9.47 Å². The van der Waals surface area contributed by atoms with Gasteiger partial charge in [-0.25, -0.2) is 0 Å². The van der Waals surface area contributed by atoms with Crippen molar-refractivity contribution in [2.24, 2.45) is 5.92 Å². The predicted molar refractivity (Wildman–Crippen MR) is 74.1 cm³/mol. The van der Waals surface area contributed by atoms with Crippen LogP contribution in [-0.4, -0.2) is 20.0 Å². The first-order valence-electron chi connectivity index (χ1n) is 6.87. The molecular formula is C15H30O2. The van der Waals surface area contributed by atoms with E-state index in [-0.39, 0.29) is 5.79 Å². The number of methoxy groups -OCH3 is 2. The molecule has 0 aliphatic carbocycles. The lowest BCUT2D eigenvalue weighted by molar-refractivity contribution is -0.216. The lowest BCUT2D eigenvalue weighted by atomic mass is 9.97. The minimum atomic E-state index is -0.365. The van der Waals surface area contributed by atoms with Crippen LogP contribution in [0.4, 0.5) is 0 Å². The van der Waals surface area contributed by atoms with Crippen LogP contribution in [0.2, 0.25) is 0 Å². The standard InChI is InChI=1S/C15H30O2/c1-6-8-9-12-15(16-4,17-5)13-10-11-14(3)7-2/h7,14H,2,6,8-13H2,1,3-5H3. The van der Waals surface area contributed by atoms with Gasteiger partial charge in [0.2, 0.25) is 0 Å². The quantitative estimate of drug-likeness (QED) is 0.301. The SMILES string of the molecule is C=CC(C)CCCC(CCCCC)(OC)OC. The fraction of sp³-hybridized carbons (Fsp3) is 0.867. The van der Waals surface area contributed by atoms with Gasteiger partial charge in [-0.3, -0.25) is 0 Å². The smallest absolute Gasteiger partial charge is 0.167 e. The van der Waals surface area contributed by atoms with Crippen molar-refractivity contribution in [2.45, 2.75) is 64.6 Å². The molecule has 0 bridgehead atoms. The van der Waals surface area contributed by atoms with E-state index in [0.29, 0.717) is 5.92 Å². The predicted octanol–water partition coefficient (Wildman–Crippen LogP) is 4.55. The van der Waals surface area contributed by atoms with E-state index >= 15 is 0 Å². The first kappa shape index (κ1) is 16.7. The molecule has 0 aromatic carbocycles. The summed E-state index contributed by atoms with van der Waals surface area (Å²) in [4.78, 5) is 0. The third-order valence-electron chi connectivity index (χ3n) is 3.52. The van der Waals surface area contributed by atoms with Crippen LogP contribution in [0.25, 0.3) is 0 Å². The lowest BCUT2D eigenvalue weighted by Gasteiger charge is -2.31. The molecule has 0 spiro atoms. The van der Waals surface area contributed by atoms with E-state index in [9.17, 15) is 0 Å². The second-order valence-corrected chi connectivity index (χ2v) is 4.88. The topological polar surface area (TPSA) is 18.5 Å². The molecule has 17 heavy (non-hydrogen) atoms. The van der Waals surface area contributed by atoms with E-state index in [0.717, 1.165) is 25.7 Å². The van der Waals surface area contributed by atoms with E-state index in [1.165, 1.54) is 19.3 Å². The van der Waals surface area contributed by atoms with Crippen LogP contribution >= 0.6 is 0 Å². The van der Waals surface area contributed by atoms with Crippen LogP contribution in [0, 0.1) is 5.92 Å². The number of rotatable bonds is 11. The van der Waals surface area contributed by atoms with Crippen molar-refractivity contribution in [2.75, 3.05) is 14.2 Å². The van der Waals surface area contributed by atoms with Crippen molar-refractivity contribution in [3.05, 3.63) is 12.7 Å². The highest BCUT2D eigenvalue weighted by molar-refractivity contribution is 4.76. The van der Waals surface area contributed by atoms with Crippen molar-refractivity contribution >= 4 is 0 Å². The molecule has 0 heterocycles. The Morgan fingerprint density at radius 3 is 2.18 bits per heavy atom. The zero-order chi connectivity index (χ0) is 13.1. The van der Waals surface area contributed by atoms with Gasteiger partial charge < -0.3 is 9.47 Å². The van der Waals surface area contributed by atoms with Crippen LogP contribution in [0.15, 0.2) is 12.7 Å². The molecule has 0 aliphatic heterocycles. The molecule has 0 radical (unpaired) electrons. The number of ether oxygens (including phenoxy) is 2. The van der Waals surface area contributed by atoms with Gasteiger partial charge in [-0.2, -0.15) is 0 Å². The maximum Gasteiger partial charge on any atom is 0.167 e. The molecule has 0 rings (SSSR count). The van der Waals surface area contributed by atoms with Gasteiger partial charge in [0.25, 0.3) is 0 Å². The summed E-state index contributed by atoms with van der Waals surface area (Å²) in [5, 5.41) is 0. The van der Waals surface area contributed by atoms with Gasteiger partial charge in [0.15, 0.2) is 5.79 Å². The van der Waals surface area contributed by atoms with Gasteiger partial charge in [0.05, 0.1) is 0 Å². The summed E-state index contributed by atoms with van der Waals surface area (Å²) in [6.07, 6.45) is 9.92. The highest BCUT2D eigenvalue weighted by atomic mass is 16.7. The minimum Gasteiger partial charge on any atom is -0.353 e. The molecule has 0 aromatic rings. The van der Waals surface area contributed by atoms with Crippen molar-refractivity contribution in [3.8, 4) is 0 Å². The van der Waals surface area contributed by atoms with Crippen molar-refractivity contribution in [1.82, 2.24) is 0 Å². The minimum absolute atomic E-state index is 0.365. The number of unbranched alkanes of at least 4 members (excludes halogenated alkanes) is 2. The summed E-state index contributed by atoms with van der Waals surface area (Å²) in [6.45, 7) is 8.23. The zero-order valence-corrected chi connectivity index (χ0v) is 12.1. The van der Waals surface area contributed by atoms with E-state index in [2.05, 4.69) is 20.4 Å². The van der Waals surface area contributed by atoms with E-state index in [4.69, 9.17) is 9.47 Å². The summed E-state index contributed by atoms with van der Waals surface area (Å²) in [7, 11) is 3.51. The molecule has 0 saturated carbocycles. The van der Waals surface area contributed by atoms with Crippen LogP contribution in [0.5, 0.6) is 0 Å². The Morgan fingerprint density at radius 1 is 1.12 bits per heavy atom. The van der Waals surface area contributed by atoms with Gasteiger partial charge in [-0.1, -0.05) is 32.8 Å². The normalized spacial score (nSPS) is 13.6. The van der Waals surface area contributed by atoms with Gasteiger partial charge in [-0.15, -0.1) is 6.58 Å². The molecule has 102 valence electrons. The van der Waals surface area contributed by atoms with Crippen LogP contribution in [0.3, 0.4) is 0 Å². The van der Waals surface area contributed by atoms with Gasteiger partial charge in [0.1, 0.15) is 0 Å². The Labute approximate surface area is 107 Å². The monoisotopic (exact) mass is 242 g/mol. The Hall–Kier alpha value is -0.340. The molecule has 2 nitrogen and oxygen atoms in total. The molecular weight excluding hydrogens is 212 g/mol. The number of allylic oxidation sites excluding steroid dienone is 1. The van der Waals surface area contributed by atoms with E-state index < -0.39 is 0 Å². The Balaban J connectivity index is 4.05. The molecule has 0 amide bonds. The Bertz CT molecular complexity index is 185. The molecule has 1 atom stereocenters. The van der Waals surface area contributed by atoms with Gasteiger partial charge in [-0.05, 0) is 25.2 Å². The Morgan fingerprint density at radius 2 is 1.71 bits per heavy atom. The highest BCUT2D eigenvalue weighted by Crippen LogP contribution is 2.27. The number of hydrogen-bond acceptors (Lipinski definition) is 2. The third kappa shape index (κ3) is 6.85.